The largest absolute Gasteiger partial charge is 0.416 e. The Hall–Kier alpha value is -4.82. The van der Waals surface area contributed by atoms with Gasteiger partial charge in [0.05, 0.1) is 23.4 Å². The molecule has 14 heteroatoms. The van der Waals surface area contributed by atoms with E-state index in [1.54, 1.807) is 24.4 Å². The topological polar surface area (TPSA) is 131 Å². The normalized spacial score (nSPS) is 15.5. The first-order chi connectivity index (χ1) is 22.2. The zero-order valence-corrected chi connectivity index (χ0v) is 25.2. The Morgan fingerprint density at radius 2 is 1.80 bits per heavy atom. The zero-order chi connectivity index (χ0) is 32.3. The number of halogens is 3. The van der Waals surface area contributed by atoms with Crippen LogP contribution < -0.4 is 20.9 Å². The van der Waals surface area contributed by atoms with Gasteiger partial charge in [-0.05, 0) is 55.7 Å². The number of aromatic nitrogens is 4. The maximum absolute atomic E-state index is 13.9. The van der Waals surface area contributed by atoms with E-state index >= 15 is 0 Å². The van der Waals surface area contributed by atoms with E-state index < -0.39 is 17.6 Å². The van der Waals surface area contributed by atoms with Gasteiger partial charge >= 0.3 is 6.18 Å². The molecule has 2 aromatic heterocycles. The number of hydrogen-bond donors (Lipinski definition) is 4. The smallest absolute Gasteiger partial charge is 0.395 e. The van der Waals surface area contributed by atoms with Crippen molar-refractivity contribution in [3.05, 3.63) is 78.0 Å². The monoisotopic (exact) mass is 633 g/mol. The number of amides is 1. The lowest BCUT2D eigenvalue weighted by atomic mass is 10.1. The number of nitrogens with one attached hydrogen (secondary N) is 3. The van der Waals surface area contributed by atoms with Crippen molar-refractivity contribution in [2.24, 2.45) is 0 Å². The molecule has 46 heavy (non-hydrogen) atoms. The minimum Gasteiger partial charge on any atom is -0.395 e. The van der Waals surface area contributed by atoms with Gasteiger partial charge in [-0.2, -0.15) is 13.2 Å². The van der Waals surface area contributed by atoms with Gasteiger partial charge in [0.1, 0.15) is 24.3 Å². The molecule has 1 saturated heterocycles. The van der Waals surface area contributed by atoms with E-state index in [2.05, 4.69) is 35.9 Å². The zero-order valence-electron chi connectivity index (χ0n) is 25.2. The van der Waals surface area contributed by atoms with Crippen molar-refractivity contribution in [3.63, 3.8) is 0 Å². The van der Waals surface area contributed by atoms with Crippen LogP contribution in [0.15, 0.2) is 61.3 Å². The third kappa shape index (κ3) is 7.51. The summed E-state index contributed by atoms with van der Waals surface area (Å²) in [4.78, 5) is 34.5. The van der Waals surface area contributed by atoms with E-state index in [0.717, 1.165) is 30.5 Å². The Kier molecular flexibility index (Phi) is 8.99. The Morgan fingerprint density at radius 3 is 2.54 bits per heavy atom. The van der Waals surface area contributed by atoms with Gasteiger partial charge in [-0.1, -0.05) is 6.07 Å². The molecule has 2 fully saturated rings. The molecule has 0 spiro atoms. The first-order valence-electron chi connectivity index (χ1n) is 15.0. The molecule has 11 nitrogen and oxygen atoms in total. The molecule has 1 aliphatic carbocycles. The van der Waals surface area contributed by atoms with Crippen LogP contribution in [-0.2, 0) is 6.18 Å². The van der Waals surface area contributed by atoms with E-state index in [-0.39, 0.29) is 12.2 Å². The predicted octanol–water partition coefficient (Wildman–Crippen LogP) is 4.95. The Morgan fingerprint density at radius 1 is 1.00 bits per heavy atom. The van der Waals surface area contributed by atoms with E-state index in [1.807, 2.05) is 22.8 Å². The fraction of sp³-hybridized carbons (Fsp3) is 0.344. The molecule has 1 saturated carbocycles. The van der Waals surface area contributed by atoms with Crippen LogP contribution in [0.4, 0.5) is 41.9 Å². The molecule has 1 amide bonds. The van der Waals surface area contributed by atoms with Gasteiger partial charge in [0.2, 0.25) is 0 Å². The second kappa shape index (κ2) is 13.3. The van der Waals surface area contributed by atoms with Crippen molar-refractivity contribution in [1.29, 1.82) is 0 Å². The molecule has 0 unspecified atom stereocenters. The summed E-state index contributed by atoms with van der Waals surface area (Å²) in [6.07, 6.45) is 2.12. The number of rotatable bonds is 10. The third-order valence-electron chi connectivity index (χ3n) is 7.99. The Labute approximate surface area is 263 Å². The van der Waals surface area contributed by atoms with Gasteiger partial charge in [0.25, 0.3) is 5.91 Å². The molecule has 2 aliphatic rings. The number of benzene rings is 2. The maximum atomic E-state index is 13.9. The molecule has 6 rings (SSSR count). The number of hydrogen-bond acceptors (Lipinski definition) is 10. The van der Waals surface area contributed by atoms with E-state index in [1.165, 1.54) is 18.7 Å². The number of nitrogens with zero attached hydrogens (tertiary/aromatic N) is 6. The molecule has 240 valence electrons. The lowest BCUT2D eigenvalue weighted by Crippen LogP contribution is -2.47. The summed E-state index contributed by atoms with van der Waals surface area (Å²) >= 11 is 0. The summed E-state index contributed by atoms with van der Waals surface area (Å²) in [6, 6.07) is 10.9. The number of piperazine rings is 1. The van der Waals surface area contributed by atoms with Gasteiger partial charge in [-0.3, -0.25) is 9.69 Å². The lowest BCUT2D eigenvalue weighted by Gasteiger charge is -2.36. The highest BCUT2D eigenvalue weighted by Crippen LogP contribution is 2.35. The average Bonchev–Trinajstić information content (AvgIpc) is 3.87. The Balaban J connectivity index is 1.22. The number of aliphatic hydroxyl groups excluding tert-OH is 1. The van der Waals surface area contributed by atoms with Gasteiger partial charge < -0.3 is 26.0 Å². The van der Waals surface area contributed by atoms with E-state index in [4.69, 9.17) is 0 Å². The van der Waals surface area contributed by atoms with Crippen molar-refractivity contribution >= 4 is 34.6 Å². The third-order valence-corrected chi connectivity index (χ3v) is 7.99. The van der Waals surface area contributed by atoms with Crippen molar-refractivity contribution in [3.8, 4) is 11.3 Å². The highest BCUT2D eigenvalue weighted by atomic mass is 19.4. The number of aryl methyl sites for hydroxylation is 1. The molecule has 0 atom stereocenters. The van der Waals surface area contributed by atoms with Crippen LogP contribution in [0.25, 0.3) is 11.3 Å². The van der Waals surface area contributed by atoms with Crippen LogP contribution in [0.1, 0.15) is 34.3 Å². The molecular formula is C32H34F3N9O2. The quantitative estimate of drug-likeness (QED) is 0.190. The lowest BCUT2D eigenvalue weighted by molar-refractivity contribution is -0.137. The fourth-order valence-electron chi connectivity index (χ4n) is 5.26. The summed E-state index contributed by atoms with van der Waals surface area (Å²) < 4.78 is 41.7. The molecule has 4 N–H and O–H groups in total. The van der Waals surface area contributed by atoms with Gasteiger partial charge in [0, 0.05) is 73.7 Å². The predicted molar refractivity (Wildman–Crippen MR) is 169 cm³/mol. The van der Waals surface area contributed by atoms with E-state index in [0.29, 0.717) is 78.7 Å². The van der Waals surface area contributed by atoms with Crippen LogP contribution in [0, 0.1) is 6.92 Å². The van der Waals surface area contributed by atoms with Crippen molar-refractivity contribution < 1.29 is 23.1 Å². The van der Waals surface area contributed by atoms with Gasteiger partial charge in [0.15, 0.2) is 0 Å². The maximum Gasteiger partial charge on any atom is 0.416 e. The highest BCUT2D eigenvalue weighted by Gasteiger charge is 2.33. The minimum absolute atomic E-state index is 0.0191. The van der Waals surface area contributed by atoms with Crippen molar-refractivity contribution in [2.45, 2.75) is 32.0 Å². The van der Waals surface area contributed by atoms with Gasteiger partial charge in [-0.15, -0.1) is 0 Å². The number of aliphatic hydroxyl groups is 1. The van der Waals surface area contributed by atoms with E-state index in [9.17, 15) is 23.1 Å². The number of β-amino-alcohol motifs (C(OH)–C–C–N with tert-alkyl or cyclic N) is 1. The van der Waals surface area contributed by atoms with Crippen molar-refractivity contribution in [1.82, 2.24) is 24.8 Å². The van der Waals surface area contributed by atoms with Crippen molar-refractivity contribution in [2.75, 3.05) is 60.2 Å². The summed E-state index contributed by atoms with van der Waals surface area (Å²) in [5.74, 6) is 0.532. The van der Waals surface area contributed by atoms with Gasteiger partial charge in [-0.25, -0.2) is 19.9 Å². The summed E-state index contributed by atoms with van der Waals surface area (Å²) in [5, 5.41) is 18.6. The second-order valence-corrected chi connectivity index (χ2v) is 11.4. The summed E-state index contributed by atoms with van der Waals surface area (Å²) in [6.45, 7) is 4.57. The molecule has 3 heterocycles. The molecule has 0 radical (unpaired) electrons. The minimum atomic E-state index is -4.63. The van der Waals surface area contributed by atoms with Crippen LogP contribution in [0.5, 0.6) is 0 Å². The highest BCUT2D eigenvalue weighted by molar-refractivity contribution is 6.05. The Bertz CT molecular complexity index is 1710. The fourth-order valence-corrected chi connectivity index (χ4v) is 5.26. The molecule has 1 aliphatic heterocycles. The number of anilines is 5. The average molecular weight is 634 g/mol. The number of carbonyl (C=O) groups excluding carboxylic acids is 1. The molecule has 0 bridgehead atoms. The number of carbonyl (C=O) groups is 1. The molecule has 2 aromatic carbocycles. The SMILES string of the molecule is Cc1ccc(NC(=O)c2cc(N3CCN(CCO)CC3)cc(C(F)(F)F)c2)cc1Nc1ncncc1-c1cc(NC2CC2)ncn1. The van der Waals surface area contributed by atoms with Crippen LogP contribution in [-0.4, -0.2) is 81.2 Å². The number of alkyl halides is 3. The van der Waals surface area contributed by atoms with Crippen LogP contribution in [0.3, 0.4) is 0 Å². The van der Waals surface area contributed by atoms with Crippen LogP contribution >= 0.6 is 0 Å². The molecular weight excluding hydrogens is 599 g/mol. The summed E-state index contributed by atoms with van der Waals surface area (Å²) in [5.41, 5.74) is 2.47. The first-order valence-corrected chi connectivity index (χ1v) is 15.0. The standard InChI is InChI=1S/C32H34F3N9O2/c1-20-2-3-24(15-27(20)42-30-26(17-36-18-39-30)28-16-29(38-19-37-28)40-23-4-5-23)41-31(46)21-12-22(32(33,34)35)14-25(13-21)44-8-6-43(7-9-44)10-11-45/h2-3,12-19,23,45H,4-11H2,1H3,(H,41,46)(H,36,39,42)(H,37,38,40). The molecule has 4 aromatic rings. The van der Waals surface area contributed by atoms with Crippen LogP contribution in [0.2, 0.25) is 0 Å². The first kappa shape index (κ1) is 31.2. The summed E-state index contributed by atoms with van der Waals surface area (Å²) in [7, 11) is 0. The second-order valence-electron chi connectivity index (χ2n) is 11.4.